The zero-order valence-electron chi connectivity index (χ0n) is 11.4. The van der Waals surface area contributed by atoms with E-state index in [1.165, 1.54) is 6.07 Å². The zero-order chi connectivity index (χ0) is 14.4. The van der Waals surface area contributed by atoms with Crippen molar-refractivity contribution in [3.63, 3.8) is 0 Å². The number of amides is 2. The Labute approximate surface area is 117 Å². The van der Waals surface area contributed by atoms with Crippen LogP contribution in [0.5, 0.6) is 5.75 Å². The predicted octanol–water partition coefficient (Wildman–Crippen LogP) is 2.52. The Bertz CT molecular complexity index is 464. The quantitative estimate of drug-likeness (QED) is 0.788. The maximum absolute atomic E-state index is 13.8. The van der Waals surface area contributed by atoms with E-state index in [-0.39, 0.29) is 11.9 Å². The molecule has 0 aliphatic heterocycles. The summed E-state index contributed by atoms with van der Waals surface area (Å²) in [5, 5.41) is 5.14. The Morgan fingerprint density at radius 1 is 1.45 bits per heavy atom. The molecule has 1 aliphatic rings. The molecule has 0 bridgehead atoms. The highest BCUT2D eigenvalue weighted by Crippen LogP contribution is 2.28. The molecule has 6 heteroatoms. The number of hydrogen-bond donors (Lipinski definition) is 2. The van der Waals surface area contributed by atoms with Gasteiger partial charge in [0.2, 0.25) is 0 Å². The maximum atomic E-state index is 13.8. The second kappa shape index (κ2) is 7.09. The summed E-state index contributed by atoms with van der Waals surface area (Å²) in [7, 11) is 1.55. The molecular weight excluding hydrogens is 263 g/mol. The van der Waals surface area contributed by atoms with Crippen molar-refractivity contribution < 1.29 is 18.7 Å². The van der Waals surface area contributed by atoms with Crippen LogP contribution < -0.4 is 15.4 Å². The van der Waals surface area contributed by atoms with E-state index in [0.29, 0.717) is 18.8 Å². The van der Waals surface area contributed by atoms with Gasteiger partial charge >= 0.3 is 6.03 Å². The minimum atomic E-state index is -0.466. The number of nitrogens with one attached hydrogen (secondary N) is 2. The first-order valence-corrected chi connectivity index (χ1v) is 6.69. The van der Waals surface area contributed by atoms with E-state index in [1.807, 2.05) is 0 Å². The highest BCUT2D eigenvalue weighted by Gasteiger charge is 2.20. The second-order valence-corrected chi connectivity index (χ2v) is 4.69. The van der Waals surface area contributed by atoms with Gasteiger partial charge in [0, 0.05) is 25.4 Å². The lowest BCUT2D eigenvalue weighted by Crippen LogP contribution is -2.31. The van der Waals surface area contributed by atoms with Crippen molar-refractivity contribution in [2.45, 2.75) is 25.4 Å². The molecule has 0 aromatic heterocycles. The number of hydrogen-bond acceptors (Lipinski definition) is 3. The first kappa shape index (κ1) is 14.6. The van der Waals surface area contributed by atoms with Gasteiger partial charge in [-0.15, -0.1) is 0 Å². The third-order valence-corrected chi connectivity index (χ3v) is 3.13. The van der Waals surface area contributed by atoms with Gasteiger partial charge in [-0.25, -0.2) is 9.18 Å². The smallest absolute Gasteiger partial charge is 0.319 e. The Hall–Kier alpha value is -1.82. The summed E-state index contributed by atoms with van der Waals surface area (Å²) >= 11 is 0. The Morgan fingerprint density at radius 3 is 2.85 bits per heavy atom. The molecule has 0 radical (unpaired) electrons. The van der Waals surface area contributed by atoms with E-state index in [2.05, 4.69) is 10.6 Å². The third-order valence-electron chi connectivity index (χ3n) is 3.13. The molecule has 1 aliphatic carbocycles. The van der Waals surface area contributed by atoms with Crippen LogP contribution in [0.4, 0.5) is 14.9 Å². The van der Waals surface area contributed by atoms with E-state index >= 15 is 0 Å². The SMILES string of the molecule is COCCNC(=O)Nc1ccc(OC2CCC2)c(F)c1. The van der Waals surface area contributed by atoms with Gasteiger partial charge in [-0.05, 0) is 31.4 Å². The predicted molar refractivity (Wildman–Crippen MR) is 73.6 cm³/mol. The van der Waals surface area contributed by atoms with Crippen molar-refractivity contribution in [1.29, 1.82) is 0 Å². The van der Waals surface area contributed by atoms with Crippen molar-refractivity contribution in [2.24, 2.45) is 0 Å². The first-order valence-electron chi connectivity index (χ1n) is 6.69. The van der Waals surface area contributed by atoms with E-state index < -0.39 is 11.8 Å². The molecule has 0 spiro atoms. The molecule has 2 amide bonds. The van der Waals surface area contributed by atoms with Crippen molar-refractivity contribution in [2.75, 3.05) is 25.6 Å². The van der Waals surface area contributed by atoms with E-state index in [4.69, 9.17) is 9.47 Å². The molecule has 2 rings (SSSR count). The highest BCUT2D eigenvalue weighted by atomic mass is 19.1. The second-order valence-electron chi connectivity index (χ2n) is 4.69. The lowest BCUT2D eigenvalue weighted by Gasteiger charge is -2.26. The highest BCUT2D eigenvalue weighted by molar-refractivity contribution is 5.89. The summed E-state index contributed by atoms with van der Waals surface area (Å²) in [4.78, 5) is 11.5. The molecule has 1 saturated carbocycles. The number of methoxy groups -OCH3 is 1. The standard InChI is InChI=1S/C14H19FN2O3/c1-19-8-7-16-14(18)17-10-5-6-13(12(15)9-10)20-11-3-2-4-11/h5-6,9,11H,2-4,7-8H2,1H3,(H2,16,17,18). The molecule has 0 atom stereocenters. The van der Waals surface area contributed by atoms with Crippen LogP contribution in [0.3, 0.4) is 0 Å². The summed E-state index contributed by atoms with van der Waals surface area (Å²) in [5.41, 5.74) is 0.387. The van der Waals surface area contributed by atoms with Crippen molar-refractivity contribution >= 4 is 11.7 Å². The topological polar surface area (TPSA) is 59.6 Å². The van der Waals surface area contributed by atoms with Gasteiger partial charge in [0.1, 0.15) is 0 Å². The Morgan fingerprint density at radius 2 is 2.25 bits per heavy atom. The van der Waals surface area contributed by atoms with Crippen molar-refractivity contribution in [1.82, 2.24) is 5.32 Å². The van der Waals surface area contributed by atoms with Gasteiger partial charge in [-0.1, -0.05) is 0 Å². The molecule has 1 aromatic rings. The van der Waals surface area contributed by atoms with Crippen molar-refractivity contribution in [3.05, 3.63) is 24.0 Å². The number of carbonyl (C=O) groups excluding carboxylic acids is 1. The molecule has 0 heterocycles. The van der Waals surface area contributed by atoms with Crippen molar-refractivity contribution in [3.8, 4) is 5.75 Å². The number of urea groups is 1. The first-order chi connectivity index (χ1) is 9.69. The van der Waals surface area contributed by atoms with Crippen LogP contribution in [0.2, 0.25) is 0 Å². The fourth-order valence-corrected chi connectivity index (χ4v) is 1.78. The van der Waals surface area contributed by atoms with Gasteiger partial charge in [0.25, 0.3) is 0 Å². The number of anilines is 1. The minimum absolute atomic E-state index is 0.126. The van der Waals surface area contributed by atoms with Crippen LogP contribution in [0.1, 0.15) is 19.3 Å². The van der Waals surface area contributed by atoms with Crippen LogP contribution in [0, 0.1) is 5.82 Å². The van der Waals surface area contributed by atoms with Gasteiger partial charge in [-0.3, -0.25) is 0 Å². The average molecular weight is 282 g/mol. The largest absolute Gasteiger partial charge is 0.487 e. The van der Waals surface area contributed by atoms with E-state index in [1.54, 1.807) is 19.2 Å². The number of benzene rings is 1. The summed E-state index contributed by atoms with van der Waals surface area (Å²) in [5.74, 6) is -0.230. The average Bonchev–Trinajstić information content (AvgIpc) is 2.36. The molecule has 5 nitrogen and oxygen atoms in total. The van der Waals surface area contributed by atoms with Crippen LogP contribution in [-0.2, 0) is 4.74 Å². The lowest BCUT2D eigenvalue weighted by molar-refractivity contribution is 0.115. The number of ether oxygens (including phenoxy) is 2. The van der Waals surface area contributed by atoms with Crippen LogP contribution in [0.25, 0.3) is 0 Å². The van der Waals surface area contributed by atoms with Gasteiger partial charge < -0.3 is 20.1 Å². The monoisotopic (exact) mass is 282 g/mol. The van der Waals surface area contributed by atoms with Crippen LogP contribution in [-0.4, -0.2) is 32.4 Å². The van der Waals surface area contributed by atoms with Gasteiger partial charge in [0.05, 0.1) is 12.7 Å². The number of carbonyl (C=O) groups is 1. The molecule has 2 N–H and O–H groups in total. The van der Waals surface area contributed by atoms with Crippen LogP contribution >= 0.6 is 0 Å². The van der Waals surface area contributed by atoms with Gasteiger partial charge in [-0.2, -0.15) is 0 Å². The lowest BCUT2D eigenvalue weighted by atomic mass is 9.96. The maximum Gasteiger partial charge on any atom is 0.319 e. The molecule has 1 aromatic carbocycles. The minimum Gasteiger partial charge on any atom is -0.487 e. The van der Waals surface area contributed by atoms with Crippen LogP contribution in [0.15, 0.2) is 18.2 Å². The van der Waals surface area contributed by atoms with E-state index in [0.717, 1.165) is 19.3 Å². The summed E-state index contributed by atoms with van der Waals surface area (Å²) < 4.78 is 24.1. The molecule has 1 fully saturated rings. The molecule has 0 unspecified atom stereocenters. The Kier molecular flexibility index (Phi) is 5.17. The normalized spacial score (nSPS) is 14.5. The molecule has 0 saturated heterocycles. The number of halogens is 1. The zero-order valence-corrected chi connectivity index (χ0v) is 11.4. The fraction of sp³-hybridized carbons (Fsp3) is 0.500. The van der Waals surface area contributed by atoms with Gasteiger partial charge in [0.15, 0.2) is 11.6 Å². The Balaban J connectivity index is 1.86. The summed E-state index contributed by atoms with van der Waals surface area (Å²) in [6.45, 7) is 0.823. The third kappa shape index (κ3) is 4.09. The summed E-state index contributed by atoms with van der Waals surface area (Å²) in [6, 6.07) is 4.02. The summed E-state index contributed by atoms with van der Waals surface area (Å²) in [6.07, 6.45) is 3.21. The molecular formula is C14H19FN2O3. The van der Waals surface area contributed by atoms with E-state index in [9.17, 15) is 9.18 Å². The molecule has 20 heavy (non-hydrogen) atoms. The number of rotatable bonds is 6. The molecule has 110 valence electrons. The fourth-order valence-electron chi connectivity index (χ4n) is 1.78.